The maximum absolute atomic E-state index is 10.2. The molecule has 1 aliphatic rings. The van der Waals surface area contributed by atoms with E-state index in [2.05, 4.69) is 39.9 Å². The average Bonchev–Trinajstić information content (AvgIpc) is 3.31. The summed E-state index contributed by atoms with van der Waals surface area (Å²) in [5.74, 6) is 0.208. The number of hydrogen-bond donors (Lipinski definition) is 6. The normalized spacial score (nSPS) is 27.7. The van der Waals surface area contributed by atoms with Gasteiger partial charge in [0.15, 0.2) is 0 Å². The van der Waals surface area contributed by atoms with Crippen molar-refractivity contribution in [3.63, 3.8) is 0 Å². The summed E-state index contributed by atoms with van der Waals surface area (Å²) in [7, 11) is 0. The van der Waals surface area contributed by atoms with Gasteiger partial charge in [-0.15, -0.1) is 5.10 Å². The van der Waals surface area contributed by atoms with Gasteiger partial charge in [0.25, 0.3) is 0 Å². The molecule has 6 N–H and O–H groups in total. The SMILES string of the molecule is OC1[C@@H](O)[C@H](O)C(NCc2cn(CCC(c3ccccc3)c3ccccc3)nn2)[C@H](O)[C@H]1O. The molecule has 0 amide bonds. The van der Waals surface area contributed by atoms with Crippen molar-refractivity contribution in [3.8, 4) is 0 Å². The molecule has 176 valence electrons. The van der Waals surface area contributed by atoms with Gasteiger partial charge in [0, 0.05) is 25.2 Å². The van der Waals surface area contributed by atoms with Crippen LogP contribution in [0.2, 0.25) is 0 Å². The quantitative estimate of drug-likeness (QED) is 0.274. The highest BCUT2D eigenvalue weighted by Crippen LogP contribution is 2.28. The zero-order valence-corrected chi connectivity index (χ0v) is 18.1. The predicted molar refractivity (Wildman–Crippen MR) is 120 cm³/mol. The van der Waals surface area contributed by atoms with Gasteiger partial charge in [-0.1, -0.05) is 65.9 Å². The van der Waals surface area contributed by atoms with E-state index >= 15 is 0 Å². The molecule has 0 spiro atoms. The Hall–Kier alpha value is -2.66. The van der Waals surface area contributed by atoms with Crippen LogP contribution in [0, 0.1) is 0 Å². The largest absolute Gasteiger partial charge is 0.389 e. The maximum atomic E-state index is 10.2. The van der Waals surface area contributed by atoms with Crippen molar-refractivity contribution in [2.24, 2.45) is 0 Å². The van der Waals surface area contributed by atoms with Gasteiger partial charge in [-0.2, -0.15) is 0 Å². The topological polar surface area (TPSA) is 144 Å². The van der Waals surface area contributed by atoms with Crippen LogP contribution in [-0.4, -0.2) is 77.1 Å². The molecule has 3 aromatic rings. The molecule has 1 aliphatic carbocycles. The smallest absolute Gasteiger partial charge is 0.111 e. The Labute approximate surface area is 192 Å². The molecule has 1 saturated carbocycles. The van der Waals surface area contributed by atoms with Gasteiger partial charge in [-0.05, 0) is 17.5 Å². The fourth-order valence-corrected chi connectivity index (χ4v) is 4.38. The molecule has 4 rings (SSSR count). The molecule has 1 aromatic heterocycles. The van der Waals surface area contributed by atoms with Crippen LogP contribution in [0.4, 0.5) is 0 Å². The molecular formula is C24H30N4O5. The van der Waals surface area contributed by atoms with Gasteiger partial charge in [-0.3, -0.25) is 4.68 Å². The fraction of sp³-hybridized carbons (Fsp3) is 0.417. The third-order valence-electron chi connectivity index (χ3n) is 6.29. The lowest BCUT2D eigenvalue weighted by Crippen LogP contribution is -2.67. The first-order chi connectivity index (χ1) is 16.0. The first-order valence-corrected chi connectivity index (χ1v) is 11.1. The Morgan fingerprint density at radius 1 is 0.758 bits per heavy atom. The predicted octanol–water partition coefficient (Wildman–Crippen LogP) is -0.223. The zero-order chi connectivity index (χ0) is 23.4. The van der Waals surface area contributed by atoms with E-state index in [1.54, 1.807) is 10.9 Å². The Morgan fingerprint density at radius 2 is 1.27 bits per heavy atom. The Bertz CT molecular complexity index is 947. The second-order valence-electron chi connectivity index (χ2n) is 8.50. The fourth-order valence-electron chi connectivity index (χ4n) is 4.38. The average molecular weight is 455 g/mol. The number of aromatic nitrogens is 3. The van der Waals surface area contributed by atoms with Crippen molar-refractivity contribution in [2.75, 3.05) is 0 Å². The molecule has 0 aliphatic heterocycles. The number of aryl methyl sites for hydroxylation is 1. The number of benzene rings is 2. The zero-order valence-electron chi connectivity index (χ0n) is 18.1. The Kier molecular flexibility index (Phi) is 7.49. The number of nitrogens with one attached hydrogen (secondary N) is 1. The van der Waals surface area contributed by atoms with Crippen molar-refractivity contribution in [3.05, 3.63) is 83.7 Å². The minimum absolute atomic E-state index is 0.162. The molecule has 9 nitrogen and oxygen atoms in total. The lowest BCUT2D eigenvalue weighted by Gasteiger charge is -2.42. The van der Waals surface area contributed by atoms with Crippen LogP contribution in [0.25, 0.3) is 0 Å². The van der Waals surface area contributed by atoms with Crippen LogP contribution in [0.1, 0.15) is 29.2 Å². The summed E-state index contributed by atoms with van der Waals surface area (Å²) in [4.78, 5) is 0. The summed E-state index contributed by atoms with van der Waals surface area (Å²) in [6.45, 7) is 0.800. The van der Waals surface area contributed by atoms with Crippen molar-refractivity contribution < 1.29 is 25.5 Å². The minimum Gasteiger partial charge on any atom is -0.389 e. The van der Waals surface area contributed by atoms with E-state index in [9.17, 15) is 25.5 Å². The summed E-state index contributed by atoms with van der Waals surface area (Å²) in [5.41, 5.74) is 3.04. The van der Waals surface area contributed by atoms with Crippen molar-refractivity contribution in [2.45, 2.75) is 62.0 Å². The highest BCUT2D eigenvalue weighted by molar-refractivity contribution is 5.32. The minimum atomic E-state index is -1.61. The molecule has 0 saturated heterocycles. The molecule has 2 unspecified atom stereocenters. The number of nitrogens with zero attached hydrogens (tertiary/aromatic N) is 3. The van der Waals surface area contributed by atoms with Gasteiger partial charge in [-0.25, -0.2) is 0 Å². The van der Waals surface area contributed by atoms with E-state index in [-0.39, 0.29) is 12.5 Å². The number of rotatable bonds is 8. The van der Waals surface area contributed by atoms with Gasteiger partial charge < -0.3 is 30.8 Å². The van der Waals surface area contributed by atoms with Gasteiger partial charge in [0.1, 0.15) is 30.5 Å². The van der Waals surface area contributed by atoms with Gasteiger partial charge in [0.2, 0.25) is 0 Å². The number of aliphatic hydroxyl groups is 5. The first kappa shape index (κ1) is 23.5. The second-order valence-corrected chi connectivity index (χ2v) is 8.50. The standard InChI is InChI=1S/C24H30N4O5/c29-20-19(21(30)23(32)24(33)22(20)31)25-13-17-14-28(27-26-17)12-11-18(15-7-3-1-4-8-15)16-9-5-2-6-10-16/h1-10,14,18-25,29-33H,11-13H2/t19?,20-,21+,22+,23-,24?. The van der Waals surface area contributed by atoms with E-state index in [0.29, 0.717) is 12.2 Å². The molecule has 6 atom stereocenters. The van der Waals surface area contributed by atoms with Crippen molar-refractivity contribution in [1.82, 2.24) is 20.3 Å². The van der Waals surface area contributed by atoms with Crippen LogP contribution in [-0.2, 0) is 13.1 Å². The molecule has 0 bridgehead atoms. The molecular weight excluding hydrogens is 424 g/mol. The van der Waals surface area contributed by atoms with E-state index in [4.69, 9.17) is 0 Å². The first-order valence-electron chi connectivity index (χ1n) is 11.1. The molecule has 2 aromatic carbocycles. The third kappa shape index (κ3) is 5.30. The van der Waals surface area contributed by atoms with E-state index in [0.717, 1.165) is 6.42 Å². The van der Waals surface area contributed by atoms with Crippen molar-refractivity contribution >= 4 is 0 Å². The van der Waals surface area contributed by atoms with Crippen LogP contribution in [0.15, 0.2) is 66.9 Å². The molecule has 0 radical (unpaired) electrons. The monoisotopic (exact) mass is 454 g/mol. The maximum Gasteiger partial charge on any atom is 0.111 e. The highest BCUT2D eigenvalue weighted by atomic mass is 16.4. The van der Waals surface area contributed by atoms with E-state index < -0.39 is 36.6 Å². The second kappa shape index (κ2) is 10.5. The Morgan fingerprint density at radius 3 is 1.82 bits per heavy atom. The van der Waals surface area contributed by atoms with Crippen LogP contribution in [0.5, 0.6) is 0 Å². The lowest BCUT2D eigenvalue weighted by molar-refractivity contribution is -0.190. The lowest BCUT2D eigenvalue weighted by atomic mass is 9.83. The molecule has 1 fully saturated rings. The summed E-state index contributed by atoms with van der Waals surface area (Å²) in [6, 6.07) is 19.6. The van der Waals surface area contributed by atoms with Crippen LogP contribution < -0.4 is 5.32 Å². The number of hydrogen-bond acceptors (Lipinski definition) is 8. The Balaban J connectivity index is 1.38. The third-order valence-corrected chi connectivity index (χ3v) is 6.29. The molecule has 1 heterocycles. The summed E-state index contributed by atoms with van der Waals surface area (Å²) < 4.78 is 1.75. The van der Waals surface area contributed by atoms with Gasteiger partial charge in [0.05, 0.1) is 11.7 Å². The van der Waals surface area contributed by atoms with E-state index in [1.807, 2.05) is 36.4 Å². The molecule has 9 heteroatoms. The molecule has 33 heavy (non-hydrogen) atoms. The van der Waals surface area contributed by atoms with E-state index in [1.165, 1.54) is 11.1 Å². The summed E-state index contributed by atoms with van der Waals surface area (Å²) >= 11 is 0. The number of aliphatic hydroxyl groups excluding tert-OH is 5. The van der Waals surface area contributed by atoms with Crippen molar-refractivity contribution in [1.29, 1.82) is 0 Å². The summed E-state index contributed by atoms with van der Waals surface area (Å²) in [5, 5.41) is 61.0. The van der Waals surface area contributed by atoms with Gasteiger partial charge >= 0.3 is 0 Å². The van der Waals surface area contributed by atoms with Crippen LogP contribution in [0.3, 0.4) is 0 Å². The summed E-state index contributed by atoms with van der Waals surface area (Å²) in [6.07, 6.45) is -5.02. The van der Waals surface area contributed by atoms with Crippen LogP contribution >= 0.6 is 0 Å². The highest BCUT2D eigenvalue weighted by Gasteiger charge is 2.47.